The Balaban J connectivity index is 0.000000810. The molecule has 56 valence electrons. The second kappa shape index (κ2) is 4.30. The fourth-order valence-electron chi connectivity index (χ4n) is 0.470. The van der Waals surface area contributed by atoms with Gasteiger partial charge in [0.15, 0.2) is 0 Å². The van der Waals surface area contributed by atoms with Crippen LogP contribution in [0.2, 0.25) is 15.1 Å². The summed E-state index contributed by atoms with van der Waals surface area (Å²) in [7, 11) is 0. The first-order chi connectivity index (χ1) is 4.20. The summed E-state index contributed by atoms with van der Waals surface area (Å²) in [5.74, 6) is 0. The van der Waals surface area contributed by atoms with Crippen molar-refractivity contribution in [2.24, 2.45) is 0 Å². The summed E-state index contributed by atoms with van der Waals surface area (Å²) in [5, 5.41) is 1.62. The smallest absolute Gasteiger partial charge is 0.0607 e. The van der Waals surface area contributed by atoms with Crippen LogP contribution in [0, 0.1) is 0 Å². The van der Waals surface area contributed by atoms with Gasteiger partial charge in [0.05, 0.1) is 10.0 Å². The van der Waals surface area contributed by atoms with E-state index in [0.717, 1.165) is 0 Å². The van der Waals surface area contributed by atoms with Crippen molar-refractivity contribution in [2.75, 3.05) is 0 Å². The molecular weight excluding hydrogens is 214 g/mol. The molecule has 0 amide bonds. The molecule has 0 radical (unpaired) electrons. The molecule has 1 aromatic rings. The van der Waals surface area contributed by atoms with Crippen LogP contribution in [0.5, 0.6) is 0 Å². The topological polar surface area (TPSA) is 0 Å². The highest BCUT2D eigenvalue weighted by Gasteiger charge is 1.94. The standard InChI is InChI=1S/C6H3Cl3.ClH/c7-4-1-2-5(8)6(9)3-4;/h1-3H;1H. The summed E-state index contributed by atoms with van der Waals surface area (Å²) in [4.78, 5) is 0. The lowest BCUT2D eigenvalue weighted by atomic mass is 10.4. The SMILES string of the molecule is Cl.Clc1ccc(Cl)c(Cl)c1. The highest BCUT2D eigenvalue weighted by molar-refractivity contribution is 6.43. The van der Waals surface area contributed by atoms with Crippen LogP contribution >= 0.6 is 47.2 Å². The average molecular weight is 218 g/mol. The normalized spacial score (nSPS) is 8.70. The fourth-order valence-corrected chi connectivity index (χ4v) is 0.997. The molecule has 10 heavy (non-hydrogen) atoms. The summed E-state index contributed by atoms with van der Waals surface area (Å²) in [6.07, 6.45) is 0. The lowest BCUT2D eigenvalue weighted by Crippen LogP contribution is -1.66. The maximum Gasteiger partial charge on any atom is 0.0607 e. The van der Waals surface area contributed by atoms with Crippen LogP contribution in [0.15, 0.2) is 18.2 Å². The molecule has 0 aliphatic rings. The number of rotatable bonds is 0. The van der Waals surface area contributed by atoms with Crippen LogP contribution in [0.3, 0.4) is 0 Å². The Bertz CT molecular complexity index is 221. The van der Waals surface area contributed by atoms with Gasteiger partial charge in [-0.05, 0) is 18.2 Å². The van der Waals surface area contributed by atoms with Gasteiger partial charge >= 0.3 is 0 Å². The van der Waals surface area contributed by atoms with E-state index in [0.29, 0.717) is 15.1 Å². The van der Waals surface area contributed by atoms with Crippen molar-refractivity contribution < 1.29 is 0 Å². The zero-order chi connectivity index (χ0) is 6.85. The fraction of sp³-hybridized carbons (Fsp3) is 0. The third-order valence-electron chi connectivity index (χ3n) is 0.882. The van der Waals surface area contributed by atoms with Gasteiger partial charge in [-0.1, -0.05) is 34.8 Å². The summed E-state index contributed by atoms with van der Waals surface area (Å²) >= 11 is 16.8. The maximum atomic E-state index is 5.60. The Labute approximate surface area is 80.5 Å². The lowest BCUT2D eigenvalue weighted by molar-refractivity contribution is 1.70. The van der Waals surface area contributed by atoms with Gasteiger partial charge in [-0.15, -0.1) is 12.4 Å². The third kappa shape index (κ3) is 2.55. The van der Waals surface area contributed by atoms with Crippen molar-refractivity contribution >= 4 is 47.2 Å². The molecule has 0 nitrogen and oxygen atoms in total. The van der Waals surface area contributed by atoms with Crippen molar-refractivity contribution in [1.82, 2.24) is 0 Å². The largest absolute Gasteiger partial charge is 0.147 e. The monoisotopic (exact) mass is 216 g/mol. The van der Waals surface area contributed by atoms with Gasteiger partial charge in [-0.3, -0.25) is 0 Å². The van der Waals surface area contributed by atoms with Crippen molar-refractivity contribution in [3.05, 3.63) is 33.3 Å². The van der Waals surface area contributed by atoms with Crippen LogP contribution in [0.25, 0.3) is 0 Å². The van der Waals surface area contributed by atoms with Crippen molar-refractivity contribution in [2.45, 2.75) is 0 Å². The average Bonchev–Trinajstić information content (AvgIpc) is 1.80. The van der Waals surface area contributed by atoms with Crippen LogP contribution in [-0.4, -0.2) is 0 Å². The highest BCUT2D eigenvalue weighted by atomic mass is 35.5. The Morgan fingerprint density at radius 1 is 0.900 bits per heavy atom. The molecule has 0 heterocycles. The van der Waals surface area contributed by atoms with Gasteiger partial charge in [0.25, 0.3) is 0 Å². The lowest BCUT2D eigenvalue weighted by Gasteiger charge is -1.92. The minimum atomic E-state index is 0. The predicted molar refractivity (Wildman–Crippen MR) is 48.7 cm³/mol. The summed E-state index contributed by atoms with van der Waals surface area (Å²) in [5.41, 5.74) is 0. The van der Waals surface area contributed by atoms with Crippen LogP contribution in [-0.2, 0) is 0 Å². The molecule has 0 N–H and O–H groups in total. The van der Waals surface area contributed by atoms with E-state index in [1.54, 1.807) is 18.2 Å². The highest BCUT2D eigenvalue weighted by Crippen LogP contribution is 2.24. The minimum absolute atomic E-state index is 0. The van der Waals surface area contributed by atoms with E-state index >= 15 is 0 Å². The summed E-state index contributed by atoms with van der Waals surface area (Å²) in [6, 6.07) is 4.95. The molecule has 0 fully saturated rings. The summed E-state index contributed by atoms with van der Waals surface area (Å²) < 4.78 is 0. The Morgan fingerprint density at radius 2 is 1.50 bits per heavy atom. The van der Waals surface area contributed by atoms with E-state index in [2.05, 4.69) is 0 Å². The second-order valence-electron chi connectivity index (χ2n) is 1.56. The van der Waals surface area contributed by atoms with Gasteiger partial charge in [-0.2, -0.15) is 0 Å². The van der Waals surface area contributed by atoms with Crippen LogP contribution in [0.4, 0.5) is 0 Å². The number of benzene rings is 1. The van der Waals surface area contributed by atoms with Gasteiger partial charge < -0.3 is 0 Å². The van der Waals surface area contributed by atoms with Crippen LogP contribution in [0.1, 0.15) is 0 Å². The van der Waals surface area contributed by atoms with E-state index in [9.17, 15) is 0 Å². The van der Waals surface area contributed by atoms with E-state index < -0.39 is 0 Å². The first-order valence-electron chi connectivity index (χ1n) is 2.30. The van der Waals surface area contributed by atoms with E-state index in [-0.39, 0.29) is 12.4 Å². The molecule has 0 aliphatic carbocycles. The molecule has 0 aliphatic heterocycles. The van der Waals surface area contributed by atoms with Crippen molar-refractivity contribution in [3.63, 3.8) is 0 Å². The number of halogens is 4. The zero-order valence-corrected chi connectivity index (χ0v) is 7.86. The van der Waals surface area contributed by atoms with E-state index in [1.165, 1.54) is 0 Å². The Kier molecular flexibility index (Phi) is 4.46. The molecule has 1 rings (SSSR count). The maximum absolute atomic E-state index is 5.60. The second-order valence-corrected chi connectivity index (χ2v) is 2.81. The molecular formula is C6H4Cl4. The van der Waals surface area contributed by atoms with Gasteiger partial charge in [-0.25, -0.2) is 0 Å². The van der Waals surface area contributed by atoms with Gasteiger partial charge in [0, 0.05) is 5.02 Å². The first-order valence-corrected chi connectivity index (χ1v) is 3.44. The minimum Gasteiger partial charge on any atom is -0.147 e. The van der Waals surface area contributed by atoms with Gasteiger partial charge in [0.1, 0.15) is 0 Å². The molecule has 0 saturated heterocycles. The van der Waals surface area contributed by atoms with E-state index in [1.807, 2.05) is 0 Å². The predicted octanol–water partition coefficient (Wildman–Crippen LogP) is 4.07. The molecule has 0 bridgehead atoms. The molecule has 1 aromatic carbocycles. The van der Waals surface area contributed by atoms with Crippen molar-refractivity contribution in [1.29, 1.82) is 0 Å². The molecule has 0 unspecified atom stereocenters. The molecule has 0 saturated carbocycles. The van der Waals surface area contributed by atoms with Gasteiger partial charge in [0.2, 0.25) is 0 Å². The molecule has 0 spiro atoms. The first kappa shape index (κ1) is 10.4. The molecule has 0 atom stereocenters. The summed E-state index contributed by atoms with van der Waals surface area (Å²) in [6.45, 7) is 0. The Hall–Kier alpha value is 0.380. The number of hydrogen-bond acceptors (Lipinski definition) is 0. The molecule has 4 heteroatoms. The Morgan fingerprint density at radius 3 is 1.90 bits per heavy atom. The quantitative estimate of drug-likeness (QED) is 0.575. The van der Waals surface area contributed by atoms with Crippen molar-refractivity contribution in [3.8, 4) is 0 Å². The van der Waals surface area contributed by atoms with Crippen LogP contribution < -0.4 is 0 Å². The third-order valence-corrected chi connectivity index (χ3v) is 1.86. The number of hydrogen-bond donors (Lipinski definition) is 0. The molecule has 0 aromatic heterocycles. The zero-order valence-electron chi connectivity index (χ0n) is 4.77. The van der Waals surface area contributed by atoms with E-state index in [4.69, 9.17) is 34.8 Å².